The minimum absolute atomic E-state index is 0.144. The fourth-order valence-electron chi connectivity index (χ4n) is 2.15. The number of imidazole rings is 1. The van der Waals surface area contributed by atoms with Gasteiger partial charge in [0.2, 0.25) is 5.91 Å². The molecule has 1 aliphatic heterocycles. The van der Waals surface area contributed by atoms with E-state index in [0.717, 1.165) is 11.4 Å². The third-order valence-corrected chi connectivity index (χ3v) is 3.41. The average Bonchev–Trinajstić information content (AvgIpc) is 2.99. The SMILES string of the molecule is O=C1CC(S)CN1c1ccc(-n2ccnc2)cc1. The largest absolute Gasteiger partial charge is 0.311 e. The molecule has 0 N–H and O–H groups in total. The van der Waals surface area contributed by atoms with Gasteiger partial charge in [-0.2, -0.15) is 12.6 Å². The van der Waals surface area contributed by atoms with Crippen molar-refractivity contribution >= 4 is 24.2 Å². The van der Waals surface area contributed by atoms with Crippen LogP contribution in [0, 0.1) is 0 Å². The highest BCUT2D eigenvalue weighted by Crippen LogP contribution is 2.24. The Morgan fingerprint density at radius 1 is 1.22 bits per heavy atom. The Balaban J connectivity index is 1.85. The monoisotopic (exact) mass is 259 g/mol. The van der Waals surface area contributed by atoms with Crippen LogP contribution < -0.4 is 4.90 Å². The van der Waals surface area contributed by atoms with Crippen LogP contribution in [0.25, 0.3) is 5.69 Å². The van der Waals surface area contributed by atoms with E-state index >= 15 is 0 Å². The lowest BCUT2D eigenvalue weighted by atomic mass is 10.2. The molecule has 1 saturated heterocycles. The molecule has 92 valence electrons. The highest BCUT2D eigenvalue weighted by atomic mass is 32.1. The molecule has 1 aromatic carbocycles. The van der Waals surface area contributed by atoms with E-state index in [2.05, 4.69) is 17.6 Å². The number of carbonyl (C=O) groups is 1. The lowest BCUT2D eigenvalue weighted by Crippen LogP contribution is -2.24. The Kier molecular flexibility index (Phi) is 2.83. The summed E-state index contributed by atoms with van der Waals surface area (Å²) in [6.45, 7) is 0.687. The van der Waals surface area contributed by atoms with Crippen molar-refractivity contribution in [2.24, 2.45) is 0 Å². The number of carbonyl (C=O) groups excluding carboxylic acids is 1. The molecular weight excluding hydrogens is 246 g/mol. The molecule has 1 amide bonds. The number of benzene rings is 1. The summed E-state index contributed by atoms with van der Waals surface area (Å²) in [5, 5.41) is 0.144. The van der Waals surface area contributed by atoms with Gasteiger partial charge < -0.3 is 9.47 Å². The molecule has 5 heteroatoms. The molecule has 1 fully saturated rings. The van der Waals surface area contributed by atoms with Crippen molar-refractivity contribution in [2.75, 3.05) is 11.4 Å². The molecule has 18 heavy (non-hydrogen) atoms. The number of rotatable bonds is 2. The number of nitrogens with zero attached hydrogens (tertiary/aromatic N) is 3. The second-order valence-corrected chi connectivity index (χ2v) is 5.08. The van der Waals surface area contributed by atoms with Crippen molar-refractivity contribution in [1.82, 2.24) is 9.55 Å². The molecule has 2 heterocycles. The standard InChI is InChI=1S/C13H13N3OS/c17-13-7-12(18)8-16(13)11-3-1-10(2-4-11)15-6-5-14-9-15/h1-6,9,12,18H,7-8H2. The molecule has 0 saturated carbocycles. The second-order valence-electron chi connectivity index (χ2n) is 4.35. The summed E-state index contributed by atoms with van der Waals surface area (Å²) in [4.78, 5) is 17.6. The maximum absolute atomic E-state index is 11.8. The van der Waals surface area contributed by atoms with Crippen molar-refractivity contribution in [3.8, 4) is 5.69 Å². The Hall–Kier alpha value is -1.75. The van der Waals surface area contributed by atoms with Crippen LogP contribution in [0.2, 0.25) is 0 Å². The van der Waals surface area contributed by atoms with E-state index in [1.165, 1.54) is 0 Å². The lowest BCUT2D eigenvalue weighted by Gasteiger charge is -2.16. The van der Waals surface area contributed by atoms with Gasteiger partial charge in [-0.1, -0.05) is 0 Å². The minimum atomic E-state index is 0.144. The topological polar surface area (TPSA) is 38.1 Å². The van der Waals surface area contributed by atoms with E-state index < -0.39 is 0 Å². The van der Waals surface area contributed by atoms with E-state index in [1.807, 2.05) is 35.0 Å². The van der Waals surface area contributed by atoms with Crippen LogP contribution in [-0.4, -0.2) is 27.3 Å². The number of aromatic nitrogens is 2. The Labute approximate surface area is 111 Å². The van der Waals surface area contributed by atoms with Crippen LogP contribution in [0.3, 0.4) is 0 Å². The van der Waals surface area contributed by atoms with E-state index in [-0.39, 0.29) is 11.2 Å². The first-order valence-corrected chi connectivity index (χ1v) is 6.32. The molecule has 3 rings (SSSR count). The molecule has 0 bridgehead atoms. The fraction of sp³-hybridized carbons (Fsp3) is 0.231. The van der Waals surface area contributed by atoms with Gasteiger partial charge in [0.1, 0.15) is 0 Å². The van der Waals surface area contributed by atoms with Gasteiger partial charge in [-0.25, -0.2) is 4.98 Å². The zero-order valence-electron chi connectivity index (χ0n) is 9.73. The maximum atomic E-state index is 11.8. The third kappa shape index (κ3) is 2.01. The molecule has 0 spiro atoms. The minimum Gasteiger partial charge on any atom is -0.311 e. The molecule has 0 radical (unpaired) electrons. The molecule has 0 aliphatic carbocycles. The molecule has 1 aromatic heterocycles. The predicted octanol–water partition coefficient (Wildman–Crippen LogP) is 1.91. The number of anilines is 1. The molecule has 4 nitrogen and oxygen atoms in total. The first-order valence-electron chi connectivity index (χ1n) is 5.81. The number of hydrogen-bond acceptors (Lipinski definition) is 3. The van der Waals surface area contributed by atoms with E-state index in [4.69, 9.17) is 0 Å². The van der Waals surface area contributed by atoms with Crippen molar-refractivity contribution in [2.45, 2.75) is 11.7 Å². The average molecular weight is 259 g/mol. The van der Waals surface area contributed by atoms with Gasteiger partial charge in [0.05, 0.1) is 6.33 Å². The van der Waals surface area contributed by atoms with Crippen LogP contribution in [0.5, 0.6) is 0 Å². The van der Waals surface area contributed by atoms with Gasteiger partial charge in [0.25, 0.3) is 0 Å². The smallest absolute Gasteiger partial charge is 0.228 e. The van der Waals surface area contributed by atoms with Crippen LogP contribution >= 0.6 is 12.6 Å². The molecule has 1 atom stereocenters. The van der Waals surface area contributed by atoms with E-state index in [9.17, 15) is 4.79 Å². The highest BCUT2D eigenvalue weighted by molar-refractivity contribution is 7.81. The predicted molar refractivity (Wildman–Crippen MR) is 73.3 cm³/mol. The fourth-order valence-corrected chi connectivity index (χ4v) is 2.47. The first-order chi connectivity index (χ1) is 8.74. The quantitative estimate of drug-likeness (QED) is 0.837. The Bertz CT molecular complexity index is 550. The van der Waals surface area contributed by atoms with E-state index in [0.29, 0.717) is 13.0 Å². The summed E-state index contributed by atoms with van der Waals surface area (Å²) in [6, 6.07) is 7.88. The Morgan fingerprint density at radius 2 is 1.94 bits per heavy atom. The zero-order valence-corrected chi connectivity index (χ0v) is 10.6. The van der Waals surface area contributed by atoms with E-state index in [1.54, 1.807) is 17.4 Å². The first kappa shape index (κ1) is 11.3. The van der Waals surface area contributed by atoms with Gasteiger partial charge in [-0.15, -0.1) is 0 Å². The van der Waals surface area contributed by atoms with Gasteiger partial charge in [-0.05, 0) is 24.3 Å². The summed E-state index contributed by atoms with van der Waals surface area (Å²) >= 11 is 4.36. The molecule has 2 aromatic rings. The maximum Gasteiger partial charge on any atom is 0.228 e. The van der Waals surface area contributed by atoms with Crippen molar-refractivity contribution in [1.29, 1.82) is 0 Å². The second kappa shape index (κ2) is 4.49. The van der Waals surface area contributed by atoms with Gasteiger partial charge in [0, 0.05) is 42.0 Å². The molecule has 1 unspecified atom stereocenters. The van der Waals surface area contributed by atoms with Crippen LogP contribution in [0.1, 0.15) is 6.42 Å². The van der Waals surface area contributed by atoms with Crippen LogP contribution in [0.4, 0.5) is 5.69 Å². The van der Waals surface area contributed by atoms with Gasteiger partial charge in [-0.3, -0.25) is 4.79 Å². The summed E-state index contributed by atoms with van der Waals surface area (Å²) in [5.74, 6) is 0.144. The van der Waals surface area contributed by atoms with Gasteiger partial charge >= 0.3 is 0 Å². The van der Waals surface area contributed by atoms with Crippen LogP contribution in [0.15, 0.2) is 43.0 Å². The van der Waals surface area contributed by atoms with Crippen molar-refractivity contribution in [3.05, 3.63) is 43.0 Å². The lowest BCUT2D eigenvalue weighted by molar-refractivity contribution is -0.117. The third-order valence-electron chi connectivity index (χ3n) is 3.07. The summed E-state index contributed by atoms with van der Waals surface area (Å²) in [6.07, 6.45) is 5.90. The summed E-state index contributed by atoms with van der Waals surface area (Å²) in [7, 11) is 0. The normalized spacial score (nSPS) is 19.5. The summed E-state index contributed by atoms with van der Waals surface area (Å²) < 4.78 is 1.93. The summed E-state index contributed by atoms with van der Waals surface area (Å²) in [5.41, 5.74) is 1.96. The number of thiol groups is 1. The number of hydrogen-bond donors (Lipinski definition) is 1. The highest BCUT2D eigenvalue weighted by Gasteiger charge is 2.28. The number of amides is 1. The van der Waals surface area contributed by atoms with Crippen LogP contribution in [-0.2, 0) is 4.79 Å². The Morgan fingerprint density at radius 3 is 2.50 bits per heavy atom. The molecular formula is C13H13N3OS. The van der Waals surface area contributed by atoms with Crippen molar-refractivity contribution in [3.63, 3.8) is 0 Å². The zero-order chi connectivity index (χ0) is 12.5. The van der Waals surface area contributed by atoms with Crippen molar-refractivity contribution < 1.29 is 4.79 Å². The van der Waals surface area contributed by atoms with Gasteiger partial charge in [0.15, 0.2) is 0 Å². The molecule has 1 aliphatic rings.